The monoisotopic (exact) mass is 225 g/mol. The predicted octanol–water partition coefficient (Wildman–Crippen LogP) is 2.67. The number of benzene rings is 1. The Balaban J connectivity index is 2.30. The van der Waals surface area contributed by atoms with Crippen LogP contribution in [0.3, 0.4) is 0 Å². The minimum Gasteiger partial charge on any atom is -0.312 e. The van der Waals surface area contributed by atoms with Gasteiger partial charge in [0.05, 0.1) is 4.87 Å². The molecular weight excluding hydrogens is 210 g/mol. The lowest BCUT2D eigenvalue weighted by Gasteiger charge is -2.38. The maximum Gasteiger partial charge on any atom is 0.0994 e. The van der Waals surface area contributed by atoms with Crippen molar-refractivity contribution in [3.8, 4) is 0 Å². The first-order valence-corrected chi connectivity index (χ1v) is 6.87. The van der Waals surface area contributed by atoms with E-state index in [9.17, 15) is 0 Å². The van der Waals surface area contributed by atoms with Gasteiger partial charge in [0.25, 0.3) is 0 Å². The zero-order valence-corrected chi connectivity index (χ0v) is 9.91. The Bertz CT molecular complexity index is 301. The highest BCUT2D eigenvalue weighted by Gasteiger charge is 2.37. The van der Waals surface area contributed by atoms with Crippen LogP contribution < -0.4 is 5.73 Å². The molecule has 0 unspecified atom stereocenters. The molecule has 1 saturated heterocycles. The highest BCUT2D eigenvalue weighted by molar-refractivity contribution is 8.07. The molecule has 3 heteroatoms. The summed E-state index contributed by atoms with van der Waals surface area (Å²) in [7, 11) is 0. The maximum atomic E-state index is 6.47. The zero-order valence-electron chi connectivity index (χ0n) is 8.27. The van der Waals surface area contributed by atoms with Gasteiger partial charge in [-0.05, 0) is 5.56 Å². The Morgan fingerprint density at radius 3 is 2.64 bits per heavy atom. The Kier molecular flexibility index (Phi) is 3.10. The van der Waals surface area contributed by atoms with Gasteiger partial charge >= 0.3 is 0 Å². The fourth-order valence-electron chi connectivity index (χ4n) is 1.69. The molecule has 1 aliphatic rings. The molecule has 1 fully saturated rings. The van der Waals surface area contributed by atoms with Gasteiger partial charge in [-0.15, -0.1) is 11.8 Å². The van der Waals surface area contributed by atoms with Crippen LogP contribution in [0.25, 0.3) is 0 Å². The summed E-state index contributed by atoms with van der Waals surface area (Å²) in [6.07, 6.45) is 0. The van der Waals surface area contributed by atoms with Gasteiger partial charge in [0.15, 0.2) is 0 Å². The Labute approximate surface area is 93.8 Å². The molecule has 0 amide bonds. The molecule has 1 aromatic carbocycles. The molecule has 1 aliphatic heterocycles. The molecule has 1 nitrogen and oxygen atoms in total. The van der Waals surface area contributed by atoms with E-state index in [2.05, 4.69) is 31.2 Å². The van der Waals surface area contributed by atoms with Crippen molar-refractivity contribution in [2.75, 3.05) is 11.5 Å². The van der Waals surface area contributed by atoms with Crippen molar-refractivity contribution in [3.05, 3.63) is 35.9 Å². The fraction of sp³-hybridized carbons (Fsp3) is 0.455. The highest BCUT2D eigenvalue weighted by Crippen LogP contribution is 2.43. The number of thioether (sulfide) groups is 2. The Hall–Kier alpha value is -0.120. The molecule has 0 radical (unpaired) electrons. The van der Waals surface area contributed by atoms with Crippen LogP contribution in [-0.4, -0.2) is 16.8 Å². The molecule has 2 N–H and O–H groups in total. The second kappa shape index (κ2) is 4.17. The minimum atomic E-state index is -0.190. The molecule has 14 heavy (non-hydrogen) atoms. The maximum absolute atomic E-state index is 6.47. The average molecular weight is 225 g/mol. The summed E-state index contributed by atoms with van der Waals surface area (Å²) in [5.74, 6) is 2.37. The van der Waals surface area contributed by atoms with Gasteiger partial charge in [0.2, 0.25) is 0 Å². The summed E-state index contributed by atoms with van der Waals surface area (Å²) in [6, 6.07) is 10.4. The summed E-state index contributed by atoms with van der Waals surface area (Å²) in [4.78, 5) is -0.190. The van der Waals surface area contributed by atoms with E-state index in [-0.39, 0.29) is 4.87 Å². The van der Waals surface area contributed by atoms with E-state index >= 15 is 0 Å². The lowest BCUT2D eigenvalue weighted by molar-refractivity contribution is 0.642. The molecule has 0 aromatic heterocycles. The van der Waals surface area contributed by atoms with Crippen LogP contribution in [0.15, 0.2) is 30.3 Å². The van der Waals surface area contributed by atoms with E-state index < -0.39 is 0 Å². The Morgan fingerprint density at radius 2 is 2.00 bits per heavy atom. The standard InChI is InChI=1S/C11H15NS2/c1-9-11(12,14-8-7-13-9)10-5-3-2-4-6-10/h2-6,9H,7-8,12H2,1H3/t9-,11+/m0/s1. The third kappa shape index (κ3) is 1.81. The Morgan fingerprint density at radius 1 is 1.29 bits per heavy atom. The summed E-state index contributed by atoms with van der Waals surface area (Å²) >= 11 is 3.86. The molecule has 0 aliphatic carbocycles. The van der Waals surface area contributed by atoms with Crippen LogP contribution >= 0.6 is 23.5 Å². The van der Waals surface area contributed by atoms with Gasteiger partial charge in [-0.1, -0.05) is 37.3 Å². The number of rotatable bonds is 1. The summed E-state index contributed by atoms with van der Waals surface area (Å²) < 4.78 is 0. The van der Waals surface area contributed by atoms with Crippen LogP contribution in [-0.2, 0) is 4.87 Å². The smallest absolute Gasteiger partial charge is 0.0994 e. The number of nitrogens with two attached hydrogens (primary N) is 1. The van der Waals surface area contributed by atoms with Crippen molar-refractivity contribution < 1.29 is 0 Å². The fourth-order valence-corrected chi connectivity index (χ4v) is 4.43. The second-order valence-electron chi connectivity index (χ2n) is 3.52. The second-order valence-corrected chi connectivity index (χ2v) is 6.34. The molecule has 0 spiro atoms. The van der Waals surface area contributed by atoms with E-state index in [4.69, 9.17) is 5.73 Å². The quantitative estimate of drug-likeness (QED) is 0.796. The van der Waals surface area contributed by atoms with Crippen molar-refractivity contribution in [2.45, 2.75) is 17.0 Å². The molecule has 0 bridgehead atoms. The number of hydrogen-bond acceptors (Lipinski definition) is 3. The van der Waals surface area contributed by atoms with E-state index in [0.29, 0.717) is 5.25 Å². The third-order valence-electron chi connectivity index (χ3n) is 2.62. The van der Waals surface area contributed by atoms with Crippen LogP contribution in [0.4, 0.5) is 0 Å². The van der Waals surface area contributed by atoms with Crippen molar-refractivity contribution in [3.63, 3.8) is 0 Å². The van der Waals surface area contributed by atoms with Crippen LogP contribution in [0, 0.1) is 0 Å². The van der Waals surface area contributed by atoms with E-state index in [1.165, 1.54) is 11.3 Å². The molecule has 0 saturated carbocycles. The molecule has 76 valence electrons. The van der Waals surface area contributed by atoms with E-state index in [0.717, 1.165) is 5.75 Å². The first kappa shape index (κ1) is 10.4. The van der Waals surface area contributed by atoms with Crippen molar-refractivity contribution in [2.24, 2.45) is 5.73 Å². The lowest BCUT2D eigenvalue weighted by Crippen LogP contribution is -2.44. The number of hydrogen-bond donors (Lipinski definition) is 1. The van der Waals surface area contributed by atoms with Gasteiger partial charge in [-0.3, -0.25) is 0 Å². The molecular formula is C11H15NS2. The van der Waals surface area contributed by atoms with E-state index in [1.807, 2.05) is 29.6 Å². The van der Waals surface area contributed by atoms with Crippen LogP contribution in [0.5, 0.6) is 0 Å². The van der Waals surface area contributed by atoms with Gasteiger partial charge in [-0.25, -0.2) is 0 Å². The largest absolute Gasteiger partial charge is 0.312 e. The van der Waals surface area contributed by atoms with Crippen molar-refractivity contribution >= 4 is 23.5 Å². The first-order chi connectivity index (χ1) is 6.73. The summed E-state index contributed by atoms with van der Waals surface area (Å²) in [6.45, 7) is 2.23. The molecule has 1 heterocycles. The third-order valence-corrected chi connectivity index (χ3v) is 5.82. The van der Waals surface area contributed by atoms with Gasteiger partial charge < -0.3 is 5.73 Å². The van der Waals surface area contributed by atoms with Gasteiger partial charge in [-0.2, -0.15) is 11.8 Å². The topological polar surface area (TPSA) is 26.0 Å². The lowest BCUT2D eigenvalue weighted by atomic mass is 10.0. The first-order valence-electron chi connectivity index (χ1n) is 4.83. The predicted molar refractivity (Wildman–Crippen MR) is 66.7 cm³/mol. The highest BCUT2D eigenvalue weighted by atomic mass is 32.2. The van der Waals surface area contributed by atoms with Gasteiger partial charge in [0, 0.05) is 16.8 Å². The van der Waals surface area contributed by atoms with Crippen LogP contribution in [0.1, 0.15) is 12.5 Å². The zero-order chi connectivity index (χ0) is 10.0. The van der Waals surface area contributed by atoms with Gasteiger partial charge in [0.1, 0.15) is 0 Å². The molecule has 2 rings (SSSR count). The average Bonchev–Trinajstić information content (AvgIpc) is 2.24. The van der Waals surface area contributed by atoms with Crippen molar-refractivity contribution in [1.82, 2.24) is 0 Å². The normalized spacial score (nSPS) is 32.9. The molecule has 1 aromatic rings. The van der Waals surface area contributed by atoms with E-state index in [1.54, 1.807) is 0 Å². The summed E-state index contributed by atoms with van der Waals surface area (Å²) in [5.41, 5.74) is 7.72. The SMILES string of the molecule is C[C@@H]1SCCS[C@@]1(N)c1ccccc1. The minimum absolute atomic E-state index is 0.190. The van der Waals surface area contributed by atoms with Crippen LogP contribution in [0.2, 0.25) is 0 Å². The molecule has 2 atom stereocenters. The summed E-state index contributed by atoms with van der Waals surface area (Å²) in [5, 5.41) is 0.489. The van der Waals surface area contributed by atoms with Crippen molar-refractivity contribution in [1.29, 1.82) is 0 Å².